The van der Waals surface area contributed by atoms with E-state index in [1.165, 1.54) is 4.88 Å². The fraction of sp³-hybridized carbons (Fsp3) is 0.733. The third kappa shape index (κ3) is 6.45. The summed E-state index contributed by atoms with van der Waals surface area (Å²) in [6.45, 7) is 13.1. The number of thiazole rings is 1. The van der Waals surface area contributed by atoms with Gasteiger partial charge in [-0.1, -0.05) is 0 Å². The molecule has 0 atom stereocenters. The molecule has 0 N–H and O–H groups in total. The van der Waals surface area contributed by atoms with E-state index in [1.807, 2.05) is 12.4 Å². The van der Waals surface area contributed by atoms with Crippen molar-refractivity contribution in [2.75, 3.05) is 32.8 Å². The number of rotatable bonds is 9. The van der Waals surface area contributed by atoms with Gasteiger partial charge in [-0.2, -0.15) is 0 Å². The quantitative estimate of drug-likeness (QED) is 0.441. The standard InChI is InChI=1S/C15H27N2O2S.BrH/c1-5-17(6-2,7-3)10-8-15(18)19-11-9-14-13(4)16-12-20-14;/h12H,5-11H2,1-4H3;1H/q+1;/p-1. The van der Waals surface area contributed by atoms with Gasteiger partial charge < -0.3 is 26.2 Å². The number of aromatic nitrogens is 1. The van der Waals surface area contributed by atoms with E-state index < -0.39 is 0 Å². The molecule has 0 saturated carbocycles. The van der Waals surface area contributed by atoms with Gasteiger partial charge in [-0.3, -0.25) is 4.79 Å². The van der Waals surface area contributed by atoms with Gasteiger partial charge in [0.15, 0.2) is 0 Å². The smallest absolute Gasteiger partial charge is 0.311 e. The molecule has 0 aromatic carbocycles. The number of quaternary nitrogens is 1. The van der Waals surface area contributed by atoms with Crippen molar-refractivity contribution in [2.45, 2.75) is 40.5 Å². The van der Waals surface area contributed by atoms with Crippen molar-refractivity contribution in [2.24, 2.45) is 0 Å². The molecule has 4 nitrogen and oxygen atoms in total. The highest BCUT2D eigenvalue weighted by molar-refractivity contribution is 7.09. The van der Waals surface area contributed by atoms with Gasteiger partial charge >= 0.3 is 5.97 Å². The third-order valence-corrected chi connectivity index (χ3v) is 5.23. The molecule has 0 saturated heterocycles. The Hall–Kier alpha value is -0.460. The number of hydrogen-bond acceptors (Lipinski definition) is 4. The average Bonchev–Trinajstić information content (AvgIpc) is 2.87. The van der Waals surface area contributed by atoms with Gasteiger partial charge in [0.25, 0.3) is 0 Å². The van der Waals surface area contributed by atoms with Crippen LogP contribution in [-0.2, 0) is 16.0 Å². The van der Waals surface area contributed by atoms with Crippen LogP contribution in [0.1, 0.15) is 37.8 Å². The van der Waals surface area contributed by atoms with E-state index in [1.54, 1.807) is 11.3 Å². The Kier molecular flexibility index (Phi) is 10.1. The summed E-state index contributed by atoms with van der Waals surface area (Å²) in [5, 5.41) is 0. The molecule has 0 aliphatic rings. The lowest BCUT2D eigenvalue weighted by Gasteiger charge is -2.35. The van der Waals surface area contributed by atoms with Crippen LogP contribution in [0.4, 0.5) is 0 Å². The summed E-state index contributed by atoms with van der Waals surface area (Å²) in [5.41, 5.74) is 2.88. The van der Waals surface area contributed by atoms with Crippen LogP contribution in [0.15, 0.2) is 5.51 Å². The fourth-order valence-corrected chi connectivity index (χ4v) is 3.13. The van der Waals surface area contributed by atoms with Gasteiger partial charge in [-0.15, -0.1) is 11.3 Å². The van der Waals surface area contributed by atoms with Gasteiger partial charge in [0.2, 0.25) is 0 Å². The van der Waals surface area contributed by atoms with Gasteiger partial charge in [-0.25, -0.2) is 4.98 Å². The van der Waals surface area contributed by atoms with Crippen LogP contribution in [0.2, 0.25) is 0 Å². The third-order valence-electron chi connectivity index (χ3n) is 4.24. The summed E-state index contributed by atoms with van der Waals surface area (Å²) >= 11 is 1.62. The van der Waals surface area contributed by atoms with Crippen molar-refractivity contribution in [1.82, 2.24) is 4.98 Å². The molecule has 1 aromatic heterocycles. The molecule has 122 valence electrons. The van der Waals surface area contributed by atoms with Gasteiger partial charge in [-0.05, 0) is 27.7 Å². The lowest BCUT2D eigenvalue weighted by molar-refractivity contribution is -0.922. The Balaban J connectivity index is 0.00000400. The second kappa shape index (κ2) is 10.3. The summed E-state index contributed by atoms with van der Waals surface area (Å²) in [6, 6.07) is 0. The Morgan fingerprint density at radius 3 is 2.38 bits per heavy atom. The van der Waals surface area contributed by atoms with Gasteiger partial charge in [0, 0.05) is 11.3 Å². The van der Waals surface area contributed by atoms with Crippen molar-refractivity contribution in [3.8, 4) is 0 Å². The highest BCUT2D eigenvalue weighted by Crippen LogP contribution is 2.13. The maximum absolute atomic E-state index is 11.8. The molecule has 1 rings (SSSR count). The number of hydrogen-bond donors (Lipinski definition) is 0. The lowest BCUT2D eigenvalue weighted by Crippen LogP contribution is -3.00. The van der Waals surface area contributed by atoms with Crippen LogP contribution in [0.3, 0.4) is 0 Å². The Morgan fingerprint density at radius 2 is 1.90 bits per heavy atom. The second-order valence-corrected chi connectivity index (χ2v) is 6.03. The normalized spacial score (nSPS) is 11.0. The van der Waals surface area contributed by atoms with E-state index in [0.717, 1.165) is 42.8 Å². The number of carbonyl (C=O) groups is 1. The summed E-state index contributed by atoms with van der Waals surface area (Å²) in [4.78, 5) is 17.2. The van der Waals surface area contributed by atoms with E-state index in [0.29, 0.717) is 13.0 Å². The van der Waals surface area contributed by atoms with Crippen molar-refractivity contribution in [3.63, 3.8) is 0 Å². The molecular formula is C15H27BrN2O2S. The van der Waals surface area contributed by atoms with Crippen LogP contribution in [0.5, 0.6) is 0 Å². The van der Waals surface area contributed by atoms with E-state index in [-0.39, 0.29) is 23.0 Å². The van der Waals surface area contributed by atoms with Crippen LogP contribution in [0.25, 0.3) is 0 Å². The molecule has 0 unspecified atom stereocenters. The molecule has 21 heavy (non-hydrogen) atoms. The highest BCUT2D eigenvalue weighted by atomic mass is 79.9. The summed E-state index contributed by atoms with van der Waals surface area (Å²) < 4.78 is 6.32. The zero-order chi connectivity index (χ0) is 15.0. The van der Waals surface area contributed by atoms with E-state index in [2.05, 4.69) is 25.8 Å². The average molecular weight is 379 g/mol. The molecule has 0 spiro atoms. The minimum Gasteiger partial charge on any atom is -1.00 e. The largest absolute Gasteiger partial charge is 1.00 e. The summed E-state index contributed by atoms with van der Waals surface area (Å²) in [5.74, 6) is -0.0787. The SMILES string of the molecule is CC[N+](CC)(CC)CCC(=O)OCCc1scnc1C.[Br-]. The van der Waals surface area contributed by atoms with Crippen LogP contribution < -0.4 is 17.0 Å². The number of aryl methyl sites for hydroxylation is 1. The van der Waals surface area contributed by atoms with Crippen molar-refractivity contribution >= 4 is 17.3 Å². The zero-order valence-corrected chi connectivity index (χ0v) is 15.9. The van der Waals surface area contributed by atoms with Crippen molar-refractivity contribution in [1.29, 1.82) is 0 Å². The van der Waals surface area contributed by atoms with Gasteiger partial charge in [0.1, 0.15) is 0 Å². The zero-order valence-electron chi connectivity index (χ0n) is 13.5. The lowest BCUT2D eigenvalue weighted by atomic mass is 10.3. The van der Waals surface area contributed by atoms with Gasteiger partial charge in [0.05, 0.1) is 50.4 Å². The van der Waals surface area contributed by atoms with Crippen molar-refractivity contribution in [3.05, 3.63) is 16.1 Å². The Bertz CT molecular complexity index is 411. The van der Waals surface area contributed by atoms with E-state index in [4.69, 9.17) is 4.74 Å². The second-order valence-electron chi connectivity index (χ2n) is 5.10. The maximum atomic E-state index is 11.8. The first-order chi connectivity index (χ1) is 9.56. The number of nitrogens with zero attached hydrogens (tertiary/aromatic N) is 2. The predicted octanol–water partition coefficient (Wildman–Crippen LogP) is -0.192. The molecule has 0 fully saturated rings. The summed E-state index contributed by atoms with van der Waals surface area (Å²) in [6.07, 6.45) is 1.29. The topological polar surface area (TPSA) is 39.2 Å². The molecule has 0 bridgehead atoms. The predicted molar refractivity (Wildman–Crippen MR) is 82.9 cm³/mol. The first-order valence-corrected chi connectivity index (χ1v) is 8.34. The maximum Gasteiger partial charge on any atom is 0.311 e. The van der Waals surface area contributed by atoms with Crippen LogP contribution in [0, 0.1) is 6.92 Å². The molecule has 0 aliphatic carbocycles. The Morgan fingerprint density at radius 1 is 1.29 bits per heavy atom. The first kappa shape index (κ1) is 20.5. The Labute approximate surface area is 142 Å². The molecule has 6 heteroatoms. The summed E-state index contributed by atoms with van der Waals surface area (Å²) in [7, 11) is 0. The highest BCUT2D eigenvalue weighted by Gasteiger charge is 2.22. The van der Waals surface area contributed by atoms with Crippen LogP contribution >= 0.6 is 11.3 Å². The number of ether oxygens (including phenoxy) is 1. The van der Waals surface area contributed by atoms with E-state index in [9.17, 15) is 4.79 Å². The molecule has 0 amide bonds. The minimum absolute atomic E-state index is 0. The molecule has 0 radical (unpaired) electrons. The number of esters is 1. The number of carbonyl (C=O) groups excluding carboxylic acids is 1. The van der Waals surface area contributed by atoms with E-state index >= 15 is 0 Å². The fourth-order valence-electron chi connectivity index (χ4n) is 2.37. The molecule has 0 aliphatic heterocycles. The molecular weight excluding hydrogens is 352 g/mol. The minimum atomic E-state index is -0.0787. The molecule has 1 aromatic rings. The molecule has 1 heterocycles. The number of halogens is 1. The monoisotopic (exact) mass is 378 g/mol. The van der Waals surface area contributed by atoms with Crippen molar-refractivity contribution < 1.29 is 31.0 Å². The first-order valence-electron chi connectivity index (χ1n) is 7.46. The van der Waals surface area contributed by atoms with Crippen LogP contribution in [-0.4, -0.2) is 48.2 Å².